The van der Waals surface area contributed by atoms with Crippen molar-refractivity contribution in [2.24, 2.45) is 0 Å². The molecule has 2 aromatic carbocycles. The van der Waals surface area contributed by atoms with Crippen LogP contribution in [0.2, 0.25) is 5.02 Å². The first-order valence-electron chi connectivity index (χ1n) is 10.9. The third kappa shape index (κ3) is 4.84. The standard InChI is InChI=1S/C25H29ClN2O5/c1-5-27(6-2)11-12-28-21(16-7-9-17(29)10-8-16)20(23(31)25(28)32)22(30)18-13-15(3)14-19(26)24(18)33-4/h7-10,13-14,21,29-30H,5-6,11-12H2,1-4H3/b22-20+. The van der Waals surface area contributed by atoms with Crippen LogP contribution in [0.5, 0.6) is 11.5 Å². The minimum Gasteiger partial charge on any atom is -0.508 e. The largest absolute Gasteiger partial charge is 0.508 e. The summed E-state index contributed by atoms with van der Waals surface area (Å²) in [5.74, 6) is -1.52. The fourth-order valence-electron chi connectivity index (χ4n) is 4.16. The second-order valence-electron chi connectivity index (χ2n) is 7.94. The van der Waals surface area contributed by atoms with Crippen molar-refractivity contribution in [1.29, 1.82) is 0 Å². The highest BCUT2D eigenvalue weighted by molar-refractivity contribution is 6.46. The molecule has 0 aromatic heterocycles. The number of ketones is 1. The van der Waals surface area contributed by atoms with Crippen LogP contribution in [0.4, 0.5) is 0 Å². The van der Waals surface area contributed by atoms with E-state index in [1.165, 1.54) is 24.1 Å². The van der Waals surface area contributed by atoms with Crippen LogP contribution in [0.3, 0.4) is 0 Å². The monoisotopic (exact) mass is 472 g/mol. The third-order valence-electron chi connectivity index (χ3n) is 5.95. The number of likely N-dealkylation sites (tertiary alicyclic amines) is 1. The van der Waals surface area contributed by atoms with E-state index in [0.29, 0.717) is 18.7 Å². The molecule has 7 nitrogen and oxygen atoms in total. The maximum atomic E-state index is 13.2. The summed E-state index contributed by atoms with van der Waals surface area (Å²) in [4.78, 5) is 29.9. The number of nitrogens with zero attached hydrogens (tertiary/aromatic N) is 2. The van der Waals surface area contributed by atoms with Crippen LogP contribution in [0.1, 0.15) is 36.6 Å². The summed E-state index contributed by atoms with van der Waals surface area (Å²) in [5.41, 5.74) is 1.57. The highest BCUT2D eigenvalue weighted by atomic mass is 35.5. The van der Waals surface area contributed by atoms with Crippen molar-refractivity contribution >= 4 is 29.1 Å². The number of likely N-dealkylation sites (N-methyl/N-ethyl adjacent to an activating group) is 1. The van der Waals surface area contributed by atoms with Crippen molar-refractivity contribution in [1.82, 2.24) is 9.80 Å². The average molecular weight is 473 g/mol. The zero-order valence-corrected chi connectivity index (χ0v) is 20.0. The Bertz CT molecular complexity index is 1080. The lowest BCUT2D eigenvalue weighted by Crippen LogP contribution is -2.38. The molecule has 1 unspecified atom stereocenters. The van der Waals surface area contributed by atoms with Crippen molar-refractivity contribution in [3.05, 3.63) is 63.7 Å². The van der Waals surface area contributed by atoms with E-state index in [2.05, 4.69) is 4.90 Å². The molecular formula is C25H29ClN2O5. The van der Waals surface area contributed by atoms with Gasteiger partial charge in [-0.1, -0.05) is 37.6 Å². The maximum Gasteiger partial charge on any atom is 0.295 e. The van der Waals surface area contributed by atoms with Gasteiger partial charge in [-0.15, -0.1) is 0 Å². The molecule has 0 bridgehead atoms. The molecule has 3 rings (SSSR count). The Labute approximate surface area is 198 Å². The summed E-state index contributed by atoms with van der Waals surface area (Å²) in [7, 11) is 1.42. The number of aliphatic hydroxyl groups is 1. The van der Waals surface area contributed by atoms with Crippen molar-refractivity contribution in [3.8, 4) is 11.5 Å². The Morgan fingerprint density at radius 1 is 1.15 bits per heavy atom. The summed E-state index contributed by atoms with van der Waals surface area (Å²) in [6, 6.07) is 8.81. The number of aryl methyl sites for hydroxylation is 1. The lowest BCUT2D eigenvalue weighted by Gasteiger charge is -2.28. The Morgan fingerprint density at radius 3 is 2.36 bits per heavy atom. The normalized spacial score (nSPS) is 17.8. The van der Waals surface area contributed by atoms with Crippen LogP contribution in [-0.2, 0) is 9.59 Å². The number of carbonyl (C=O) groups is 2. The molecule has 1 fully saturated rings. The van der Waals surface area contributed by atoms with Crippen LogP contribution in [0.15, 0.2) is 42.0 Å². The number of aliphatic hydroxyl groups excluding tert-OH is 1. The fourth-order valence-corrected chi connectivity index (χ4v) is 4.51. The number of hydrogen-bond acceptors (Lipinski definition) is 6. The van der Waals surface area contributed by atoms with Crippen molar-refractivity contribution in [3.63, 3.8) is 0 Å². The first-order valence-corrected chi connectivity index (χ1v) is 11.2. The second kappa shape index (κ2) is 10.3. The summed E-state index contributed by atoms with van der Waals surface area (Å²) < 4.78 is 5.39. The van der Waals surface area contributed by atoms with E-state index in [1.54, 1.807) is 24.3 Å². The number of carbonyl (C=O) groups excluding carboxylic acids is 2. The highest BCUT2D eigenvalue weighted by Crippen LogP contribution is 2.42. The van der Waals surface area contributed by atoms with E-state index in [0.717, 1.165) is 18.7 Å². The van der Waals surface area contributed by atoms with Crippen LogP contribution in [-0.4, -0.2) is 65.0 Å². The molecule has 8 heteroatoms. The van der Waals surface area contributed by atoms with E-state index in [-0.39, 0.29) is 33.4 Å². The van der Waals surface area contributed by atoms with Gasteiger partial charge >= 0.3 is 0 Å². The first-order chi connectivity index (χ1) is 15.7. The molecule has 1 aliphatic heterocycles. The Balaban J connectivity index is 2.19. The molecule has 1 atom stereocenters. The number of aromatic hydroxyl groups is 1. The van der Waals surface area contributed by atoms with E-state index in [9.17, 15) is 19.8 Å². The van der Waals surface area contributed by atoms with Crippen LogP contribution in [0.25, 0.3) is 5.76 Å². The van der Waals surface area contributed by atoms with Gasteiger partial charge in [0.1, 0.15) is 17.3 Å². The molecule has 0 radical (unpaired) electrons. The predicted molar refractivity (Wildman–Crippen MR) is 128 cm³/mol. The van der Waals surface area contributed by atoms with Gasteiger partial charge in [-0.05, 0) is 55.4 Å². The molecule has 1 amide bonds. The van der Waals surface area contributed by atoms with Gasteiger partial charge in [0.05, 0.1) is 29.3 Å². The molecule has 1 aliphatic rings. The second-order valence-corrected chi connectivity index (χ2v) is 8.35. The van der Waals surface area contributed by atoms with Crippen molar-refractivity contribution in [2.45, 2.75) is 26.8 Å². The molecule has 33 heavy (non-hydrogen) atoms. The molecule has 1 saturated heterocycles. The van der Waals surface area contributed by atoms with Gasteiger partial charge in [0.2, 0.25) is 0 Å². The molecule has 0 spiro atoms. The Morgan fingerprint density at radius 2 is 1.79 bits per heavy atom. The molecule has 0 saturated carbocycles. The van der Waals surface area contributed by atoms with Gasteiger partial charge in [0, 0.05) is 13.1 Å². The summed E-state index contributed by atoms with van der Waals surface area (Å²) in [5, 5.41) is 21.4. The fraction of sp³-hybridized carbons (Fsp3) is 0.360. The number of phenols is 1. The SMILES string of the molecule is CCN(CC)CCN1C(=O)C(=O)/C(=C(/O)c2cc(C)cc(Cl)c2OC)C1c1ccc(O)cc1. The van der Waals surface area contributed by atoms with E-state index in [4.69, 9.17) is 16.3 Å². The molecule has 176 valence electrons. The number of Topliss-reactive ketones (excluding diaryl/α,β-unsaturated/α-hetero) is 1. The van der Waals surface area contributed by atoms with E-state index >= 15 is 0 Å². The number of benzene rings is 2. The predicted octanol–water partition coefficient (Wildman–Crippen LogP) is 4.13. The number of rotatable bonds is 8. The zero-order valence-electron chi connectivity index (χ0n) is 19.3. The summed E-state index contributed by atoms with van der Waals surface area (Å²) in [6.45, 7) is 8.37. The lowest BCUT2D eigenvalue weighted by molar-refractivity contribution is -0.140. The number of halogens is 1. The number of ether oxygens (including phenoxy) is 1. The quantitative estimate of drug-likeness (QED) is 0.341. The van der Waals surface area contributed by atoms with Crippen LogP contribution >= 0.6 is 11.6 Å². The summed E-state index contributed by atoms with van der Waals surface area (Å²) >= 11 is 6.31. The zero-order chi connectivity index (χ0) is 24.3. The number of amides is 1. The highest BCUT2D eigenvalue weighted by Gasteiger charge is 2.46. The topological polar surface area (TPSA) is 90.3 Å². The Kier molecular flexibility index (Phi) is 7.66. The van der Waals surface area contributed by atoms with Crippen molar-refractivity contribution < 1.29 is 24.5 Å². The van der Waals surface area contributed by atoms with Crippen LogP contribution in [0, 0.1) is 6.92 Å². The number of phenolic OH excluding ortho intramolecular Hbond substituents is 1. The minimum absolute atomic E-state index is 0.0368. The molecule has 0 aliphatic carbocycles. The maximum absolute atomic E-state index is 13.2. The van der Waals surface area contributed by atoms with Gasteiger partial charge in [-0.25, -0.2) is 0 Å². The number of hydrogen-bond donors (Lipinski definition) is 2. The van der Waals surface area contributed by atoms with Gasteiger partial charge in [0.25, 0.3) is 11.7 Å². The molecule has 2 N–H and O–H groups in total. The number of methoxy groups -OCH3 is 1. The smallest absolute Gasteiger partial charge is 0.295 e. The van der Waals surface area contributed by atoms with E-state index < -0.39 is 17.7 Å². The summed E-state index contributed by atoms with van der Waals surface area (Å²) in [6.07, 6.45) is 0. The Hall–Kier alpha value is -3.03. The molecular weight excluding hydrogens is 444 g/mol. The van der Waals surface area contributed by atoms with Crippen LogP contribution < -0.4 is 4.74 Å². The molecule has 1 heterocycles. The van der Waals surface area contributed by atoms with Gasteiger partial charge in [-0.2, -0.15) is 0 Å². The third-order valence-corrected chi connectivity index (χ3v) is 6.23. The van der Waals surface area contributed by atoms with Gasteiger partial charge < -0.3 is 24.7 Å². The average Bonchev–Trinajstić information content (AvgIpc) is 3.04. The molecule has 2 aromatic rings. The van der Waals surface area contributed by atoms with Gasteiger partial charge in [-0.3, -0.25) is 9.59 Å². The lowest BCUT2D eigenvalue weighted by atomic mass is 9.94. The minimum atomic E-state index is -0.815. The van der Waals surface area contributed by atoms with Crippen molar-refractivity contribution in [2.75, 3.05) is 33.3 Å². The first kappa shape index (κ1) is 24.6. The van der Waals surface area contributed by atoms with E-state index in [1.807, 2.05) is 20.8 Å². The van der Waals surface area contributed by atoms with Gasteiger partial charge in [0.15, 0.2) is 0 Å².